The van der Waals surface area contributed by atoms with E-state index in [1.807, 2.05) is 33.8 Å². The fourth-order valence-corrected chi connectivity index (χ4v) is 11.4. The number of aliphatic hydroxyl groups excluding tert-OH is 2. The lowest BCUT2D eigenvalue weighted by atomic mass is 9.46. The number of ketones is 2. The Morgan fingerprint density at radius 2 is 1.76 bits per heavy atom. The Balaban J connectivity index is 1.05. The van der Waals surface area contributed by atoms with E-state index >= 15 is 0 Å². The summed E-state index contributed by atoms with van der Waals surface area (Å²) in [6.45, 7) is 8.39. The zero-order valence-electron chi connectivity index (χ0n) is 38.6. The van der Waals surface area contributed by atoms with Crippen LogP contribution >= 0.6 is 0 Å². The first-order chi connectivity index (χ1) is 31.3. The number of alkyl carbamates (subject to hydrolysis) is 1. The van der Waals surface area contributed by atoms with Gasteiger partial charge in [0.2, 0.25) is 17.6 Å². The number of hydrogen-bond acceptors (Lipinski definition) is 13. The lowest BCUT2D eigenvalue weighted by molar-refractivity contribution is -0.201. The van der Waals surface area contributed by atoms with E-state index < -0.39 is 90.0 Å². The van der Waals surface area contributed by atoms with Crippen molar-refractivity contribution in [2.45, 2.75) is 142 Å². The highest BCUT2D eigenvalue weighted by Gasteiger charge is 2.76. The third-order valence-electron chi connectivity index (χ3n) is 14.4. The molecule has 3 unspecified atom stereocenters. The number of carbonyl (C=O) groups is 7. The van der Waals surface area contributed by atoms with Gasteiger partial charge in [0.05, 0.1) is 18.8 Å². The van der Waals surface area contributed by atoms with Crippen molar-refractivity contribution in [3.8, 4) is 0 Å². The Labute approximate surface area is 385 Å². The number of ether oxygens (including phenoxy) is 4. The number of carbonyl (C=O) groups excluding carboxylic acids is 7. The van der Waals surface area contributed by atoms with Gasteiger partial charge in [-0.1, -0.05) is 64.8 Å². The van der Waals surface area contributed by atoms with Crippen LogP contribution in [-0.4, -0.2) is 108 Å². The number of unbranched alkanes of at least 4 members (excludes halogenated alkanes) is 1. The number of primary amides is 1. The average molecular weight is 922 g/mol. The summed E-state index contributed by atoms with van der Waals surface area (Å²) in [5.74, 6) is -2.91. The molecule has 4 aliphatic carbocycles. The highest BCUT2D eigenvalue weighted by molar-refractivity contribution is 6.01. The molecule has 1 saturated heterocycles. The smallest absolute Gasteiger partial charge is 0.408 e. The summed E-state index contributed by atoms with van der Waals surface area (Å²) >= 11 is 0. The molecule has 4 fully saturated rings. The molecule has 5 amide bonds. The fourth-order valence-electron chi connectivity index (χ4n) is 11.4. The van der Waals surface area contributed by atoms with Crippen LogP contribution in [0.4, 0.5) is 15.3 Å². The summed E-state index contributed by atoms with van der Waals surface area (Å²) in [5, 5.41) is 32.3. The molecule has 18 nitrogen and oxygen atoms in total. The van der Waals surface area contributed by atoms with E-state index in [0.717, 1.165) is 18.4 Å². The molecule has 1 aliphatic heterocycles. The van der Waals surface area contributed by atoms with Crippen molar-refractivity contribution >= 4 is 47.2 Å². The minimum absolute atomic E-state index is 0.000582. The zero-order valence-corrected chi connectivity index (χ0v) is 38.6. The highest BCUT2D eigenvalue weighted by atomic mass is 16.7. The lowest BCUT2D eigenvalue weighted by Gasteiger charge is -2.59. The number of benzene rings is 1. The molecule has 1 aromatic rings. The SMILES string of the molecule is CCCC1O[C@@H]2CC3[C@H]4CCC5=CC(=O)C=C[C@]5(C)C4[C@@H](O)C[C@]3(C)[C@]2(C(=O)COC(=O)[C@H](CC(C)C)NC(=O)[C@H](CO)NC(=O)OCc2ccc(NC(=O)CCCCNC(N)=O)cc2)O1. The number of nitrogens with two attached hydrogens (primary N) is 1. The first-order valence-electron chi connectivity index (χ1n) is 23.3. The van der Waals surface area contributed by atoms with Crippen LogP contribution < -0.4 is 27.0 Å². The summed E-state index contributed by atoms with van der Waals surface area (Å²) in [6, 6.07) is 3.17. The molecule has 0 radical (unpaired) electrons. The summed E-state index contributed by atoms with van der Waals surface area (Å²) in [5.41, 5.74) is 4.22. The second kappa shape index (κ2) is 21.2. The largest absolute Gasteiger partial charge is 0.456 e. The number of nitrogens with one attached hydrogen (secondary N) is 4. The summed E-state index contributed by atoms with van der Waals surface area (Å²) in [7, 11) is 0. The van der Waals surface area contributed by atoms with E-state index in [-0.39, 0.29) is 61.2 Å². The Morgan fingerprint density at radius 3 is 2.44 bits per heavy atom. The van der Waals surface area contributed by atoms with Gasteiger partial charge in [0.1, 0.15) is 18.7 Å². The number of amides is 5. The van der Waals surface area contributed by atoms with Gasteiger partial charge in [-0.15, -0.1) is 0 Å². The molecule has 362 valence electrons. The zero-order chi connectivity index (χ0) is 48.0. The monoisotopic (exact) mass is 921 g/mol. The van der Waals surface area contributed by atoms with Crippen LogP contribution in [0, 0.1) is 34.5 Å². The maximum Gasteiger partial charge on any atom is 0.408 e. The lowest BCUT2D eigenvalue weighted by Crippen LogP contribution is -2.63. The van der Waals surface area contributed by atoms with E-state index in [4.69, 9.17) is 24.7 Å². The molecule has 1 heterocycles. The number of esters is 1. The number of urea groups is 1. The van der Waals surface area contributed by atoms with Crippen LogP contribution in [0.25, 0.3) is 0 Å². The third-order valence-corrected chi connectivity index (χ3v) is 14.4. The Morgan fingerprint density at radius 1 is 1.02 bits per heavy atom. The van der Waals surface area contributed by atoms with Gasteiger partial charge in [-0.3, -0.25) is 19.2 Å². The van der Waals surface area contributed by atoms with Gasteiger partial charge in [0.15, 0.2) is 24.3 Å². The van der Waals surface area contributed by atoms with Crippen LogP contribution in [0.3, 0.4) is 0 Å². The minimum atomic E-state index is -1.52. The van der Waals surface area contributed by atoms with Gasteiger partial charge in [0, 0.05) is 35.4 Å². The highest BCUT2D eigenvalue weighted by Crippen LogP contribution is 2.69. The van der Waals surface area contributed by atoms with E-state index in [1.165, 1.54) is 0 Å². The molecular weight excluding hydrogens is 855 g/mol. The number of anilines is 1. The summed E-state index contributed by atoms with van der Waals surface area (Å²) in [6.07, 6.45) is 7.00. The number of hydrogen-bond donors (Lipinski definition) is 7. The van der Waals surface area contributed by atoms with Crippen molar-refractivity contribution in [2.75, 3.05) is 25.1 Å². The molecule has 11 atom stereocenters. The Hall–Kier alpha value is -5.17. The van der Waals surface area contributed by atoms with E-state index in [2.05, 4.69) is 28.2 Å². The Kier molecular flexibility index (Phi) is 16.1. The van der Waals surface area contributed by atoms with Crippen molar-refractivity contribution < 1.29 is 62.7 Å². The first-order valence-corrected chi connectivity index (χ1v) is 23.3. The molecule has 5 aliphatic rings. The van der Waals surface area contributed by atoms with Gasteiger partial charge in [-0.25, -0.2) is 14.4 Å². The number of rotatable bonds is 20. The second-order valence-corrected chi connectivity index (χ2v) is 19.3. The Bertz CT molecular complexity index is 2060. The normalized spacial score (nSPS) is 30.4. The molecule has 0 spiro atoms. The predicted molar refractivity (Wildman–Crippen MR) is 239 cm³/mol. The third kappa shape index (κ3) is 10.7. The van der Waals surface area contributed by atoms with Crippen molar-refractivity contribution in [3.63, 3.8) is 0 Å². The van der Waals surface area contributed by atoms with Crippen molar-refractivity contribution in [1.82, 2.24) is 16.0 Å². The van der Waals surface area contributed by atoms with Crippen LogP contribution in [0.2, 0.25) is 0 Å². The molecule has 1 aromatic carbocycles. The van der Waals surface area contributed by atoms with Gasteiger partial charge >= 0.3 is 18.1 Å². The molecule has 0 bridgehead atoms. The molecular formula is C48H67N5O13. The number of Topliss-reactive ketones (excluding diaryl/α,β-unsaturated/α-hetero) is 1. The van der Waals surface area contributed by atoms with Gasteiger partial charge in [-0.05, 0) is 99.0 Å². The minimum Gasteiger partial charge on any atom is -0.456 e. The number of allylic oxidation sites excluding steroid dienone is 4. The van der Waals surface area contributed by atoms with Crippen molar-refractivity contribution in [2.24, 2.45) is 40.2 Å². The number of fused-ring (bicyclic) bond motifs is 7. The van der Waals surface area contributed by atoms with Gasteiger partial charge in [0.25, 0.3) is 0 Å². The quantitative estimate of drug-likeness (QED) is 0.0724. The molecule has 66 heavy (non-hydrogen) atoms. The van der Waals surface area contributed by atoms with Crippen LogP contribution in [-0.2, 0) is 49.5 Å². The summed E-state index contributed by atoms with van der Waals surface area (Å²) in [4.78, 5) is 90.1. The average Bonchev–Trinajstić information content (AvgIpc) is 3.75. The predicted octanol–water partition coefficient (Wildman–Crippen LogP) is 3.86. The van der Waals surface area contributed by atoms with Gasteiger partial charge < -0.3 is 56.2 Å². The molecule has 0 aromatic heterocycles. The maximum atomic E-state index is 14.8. The topological polar surface area (TPSA) is 271 Å². The summed E-state index contributed by atoms with van der Waals surface area (Å²) < 4.78 is 24.2. The molecule has 3 saturated carbocycles. The maximum absolute atomic E-state index is 14.8. The van der Waals surface area contributed by atoms with E-state index in [9.17, 15) is 43.8 Å². The van der Waals surface area contributed by atoms with Gasteiger partial charge in [-0.2, -0.15) is 0 Å². The fraction of sp³-hybridized carbons (Fsp3) is 0.646. The standard InChI is InChI=1S/C48H67N5O13/c1-6-9-40-65-38-22-33-32-16-13-29-21-31(55)17-18-46(29,4)41(32)36(56)23-47(33,5)48(38,66-40)37(57)26-63-43(60)34(20-27(2)3)52-42(59)35(24-54)53-45(62)64-25-28-11-14-30(15-12-28)51-39(58)10-7-8-19-50-44(49)61/h11-12,14-15,17-18,21,27,32-36,38,40-41,54,56H,6-10,13,16,19-20,22-26H2,1-5H3,(H,51,58)(H,52,59)(H,53,62)(H3,49,50,61)/t32-,33?,34+,35+,36+,38-,40?,41?,46+,47+,48-/m1/s1. The van der Waals surface area contributed by atoms with Crippen LogP contribution in [0.5, 0.6) is 0 Å². The van der Waals surface area contributed by atoms with Crippen LogP contribution in [0.1, 0.15) is 104 Å². The van der Waals surface area contributed by atoms with Crippen LogP contribution in [0.15, 0.2) is 48.1 Å². The van der Waals surface area contributed by atoms with Crippen molar-refractivity contribution in [1.29, 1.82) is 0 Å². The molecule has 18 heteroatoms. The first kappa shape index (κ1) is 50.2. The molecule has 8 N–H and O–H groups in total. The van der Waals surface area contributed by atoms with Crippen molar-refractivity contribution in [3.05, 3.63) is 53.6 Å². The molecule has 6 rings (SSSR count). The van der Waals surface area contributed by atoms with E-state index in [0.29, 0.717) is 49.9 Å². The number of aliphatic hydroxyl groups is 2. The van der Waals surface area contributed by atoms with E-state index in [1.54, 1.807) is 36.4 Å². The second-order valence-electron chi connectivity index (χ2n) is 19.3.